The van der Waals surface area contributed by atoms with Crippen molar-refractivity contribution >= 4 is 15.7 Å². The smallest absolute Gasteiger partial charge is 0.244 e. The first kappa shape index (κ1) is 14.1. The third-order valence-electron chi connectivity index (χ3n) is 3.37. The molecule has 19 heavy (non-hydrogen) atoms. The molecule has 1 aromatic rings. The molecule has 0 aliphatic heterocycles. The Morgan fingerprint density at radius 3 is 2.63 bits per heavy atom. The van der Waals surface area contributed by atoms with Crippen LogP contribution >= 0.6 is 0 Å². The number of nitrogen functional groups attached to an aromatic ring is 1. The van der Waals surface area contributed by atoms with Gasteiger partial charge in [-0.3, -0.25) is 0 Å². The van der Waals surface area contributed by atoms with Gasteiger partial charge in [0.15, 0.2) is 0 Å². The van der Waals surface area contributed by atoms with Crippen molar-refractivity contribution in [1.82, 2.24) is 4.72 Å². The molecule has 0 amide bonds. The van der Waals surface area contributed by atoms with Crippen LogP contribution in [0.15, 0.2) is 23.1 Å². The second-order valence-electron chi connectivity index (χ2n) is 5.51. The second-order valence-corrected chi connectivity index (χ2v) is 7.19. The summed E-state index contributed by atoms with van der Waals surface area (Å²) in [7, 11) is -3.60. The molecule has 0 spiro atoms. The average Bonchev–Trinajstić information content (AvgIpc) is 2.87. The lowest BCUT2D eigenvalue weighted by Gasteiger charge is -2.13. The van der Waals surface area contributed by atoms with Crippen molar-refractivity contribution in [3.8, 4) is 5.75 Å². The summed E-state index contributed by atoms with van der Waals surface area (Å²) in [5.74, 6) is 0.336. The van der Waals surface area contributed by atoms with Gasteiger partial charge in [0.1, 0.15) is 10.6 Å². The minimum atomic E-state index is -3.60. The molecule has 0 radical (unpaired) electrons. The van der Waals surface area contributed by atoms with Crippen molar-refractivity contribution in [2.45, 2.75) is 38.1 Å². The van der Waals surface area contributed by atoms with Gasteiger partial charge in [-0.2, -0.15) is 0 Å². The molecule has 2 rings (SSSR count). The zero-order valence-corrected chi connectivity index (χ0v) is 12.3. The Hall–Kier alpha value is -1.27. The zero-order valence-electron chi connectivity index (χ0n) is 11.4. The van der Waals surface area contributed by atoms with Gasteiger partial charge in [-0.1, -0.05) is 13.8 Å². The molecule has 0 saturated heterocycles. The quantitative estimate of drug-likeness (QED) is 0.807. The molecule has 1 fully saturated rings. The van der Waals surface area contributed by atoms with Crippen molar-refractivity contribution in [2.75, 3.05) is 12.3 Å². The lowest BCUT2D eigenvalue weighted by Crippen LogP contribution is -2.29. The van der Waals surface area contributed by atoms with Gasteiger partial charge in [0.2, 0.25) is 10.0 Å². The fraction of sp³-hybridized carbons (Fsp3) is 0.538. The first-order chi connectivity index (χ1) is 8.76. The van der Waals surface area contributed by atoms with E-state index in [2.05, 4.69) is 4.72 Å². The van der Waals surface area contributed by atoms with E-state index >= 15 is 0 Å². The molecule has 1 saturated carbocycles. The number of nitrogens with one attached hydrogen (secondary N) is 1. The molecular weight excluding hydrogens is 264 g/mol. The van der Waals surface area contributed by atoms with E-state index in [0.29, 0.717) is 18.0 Å². The lowest BCUT2D eigenvalue weighted by molar-refractivity contribution is 0.331. The molecule has 1 aliphatic rings. The van der Waals surface area contributed by atoms with Crippen LogP contribution in [0.2, 0.25) is 0 Å². The molecule has 0 heterocycles. The fourth-order valence-electron chi connectivity index (χ4n) is 1.93. The Morgan fingerprint density at radius 2 is 2.11 bits per heavy atom. The molecule has 1 atom stereocenters. The number of nitrogens with two attached hydrogens (primary N) is 1. The van der Waals surface area contributed by atoms with Crippen LogP contribution in [0.4, 0.5) is 5.69 Å². The molecular formula is C13H20N2O3S. The van der Waals surface area contributed by atoms with Crippen LogP contribution in [-0.4, -0.2) is 21.1 Å². The normalized spacial score (nSPS) is 21.1. The van der Waals surface area contributed by atoms with E-state index in [0.717, 1.165) is 6.42 Å². The van der Waals surface area contributed by atoms with Crippen molar-refractivity contribution in [2.24, 2.45) is 5.41 Å². The minimum absolute atomic E-state index is 0.0200. The van der Waals surface area contributed by atoms with E-state index in [4.69, 9.17) is 10.5 Å². The van der Waals surface area contributed by atoms with Gasteiger partial charge in [0, 0.05) is 11.7 Å². The molecule has 106 valence electrons. The average molecular weight is 284 g/mol. The molecule has 1 aliphatic carbocycles. The van der Waals surface area contributed by atoms with E-state index in [9.17, 15) is 8.42 Å². The van der Waals surface area contributed by atoms with E-state index in [1.807, 2.05) is 20.8 Å². The summed E-state index contributed by atoms with van der Waals surface area (Å²) in [4.78, 5) is 0.108. The highest BCUT2D eigenvalue weighted by Gasteiger charge is 2.48. The molecule has 1 unspecified atom stereocenters. The van der Waals surface area contributed by atoms with Gasteiger partial charge in [-0.05, 0) is 37.0 Å². The summed E-state index contributed by atoms with van der Waals surface area (Å²) in [5.41, 5.74) is 6.10. The van der Waals surface area contributed by atoms with E-state index in [1.54, 1.807) is 12.1 Å². The zero-order chi connectivity index (χ0) is 14.3. The Kier molecular flexibility index (Phi) is 3.49. The van der Waals surface area contributed by atoms with Gasteiger partial charge in [-0.15, -0.1) is 0 Å². The molecule has 1 aromatic carbocycles. The van der Waals surface area contributed by atoms with Crippen LogP contribution in [0.5, 0.6) is 5.75 Å². The first-order valence-electron chi connectivity index (χ1n) is 6.31. The number of ether oxygens (including phenoxy) is 1. The maximum Gasteiger partial charge on any atom is 0.244 e. The number of hydrogen-bond acceptors (Lipinski definition) is 4. The van der Waals surface area contributed by atoms with Crippen molar-refractivity contribution < 1.29 is 13.2 Å². The van der Waals surface area contributed by atoms with Gasteiger partial charge in [0.25, 0.3) is 0 Å². The summed E-state index contributed by atoms with van der Waals surface area (Å²) in [6.07, 6.45) is 0.846. The van der Waals surface area contributed by atoms with Gasteiger partial charge in [-0.25, -0.2) is 13.1 Å². The van der Waals surface area contributed by atoms with E-state index in [1.165, 1.54) is 6.07 Å². The highest BCUT2D eigenvalue weighted by molar-refractivity contribution is 7.89. The molecule has 6 heteroatoms. The predicted molar refractivity (Wildman–Crippen MR) is 74.5 cm³/mol. The van der Waals surface area contributed by atoms with Crippen molar-refractivity contribution in [3.63, 3.8) is 0 Å². The van der Waals surface area contributed by atoms with Gasteiger partial charge in [0.05, 0.1) is 6.61 Å². The van der Waals surface area contributed by atoms with Crippen molar-refractivity contribution in [3.05, 3.63) is 18.2 Å². The highest BCUT2D eigenvalue weighted by atomic mass is 32.2. The third kappa shape index (κ3) is 3.01. The number of hydrogen-bond donors (Lipinski definition) is 2. The summed E-state index contributed by atoms with van der Waals surface area (Å²) in [5, 5.41) is 0. The van der Waals surface area contributed by atoms with Crippen LogP contribution in [0.1, 0.15) is 27.2 Å². The molecule has 0 bridgehead atoms. The molecule has 5 nitrogen and oxygen atoms in total. The maximum atomic E-state index is 12.4. The monoisotopic (exact) mass is 284 g/mol. The minimum Gasteiger partial charge on any atom is -0.492 e. The summed E-state index contributed by atoms with van der Waals surface area (Å²) < 4.78 is 32.8. The van der Waals surface area contributed by atoms with E-state index < -0.39 is 10.0 Å². The second kappa shape index (κ2) is 4.68. The van der Waals surface area contributed by atoms with Crippen LogP contribution in [-0.2, 0) is 10.0 Å². The van der Waals surface area contributed by atoms with Crippen LogP contribution in [0.3, 0.4) is 0 Å². The van der Waals surface area contributed by atoms with E-state index in [-0.39, 0.29) is 16.4 Å². The summed E-state index contributed by atoms with van der Waals surface area (Å²) in [6, 6.07) is 4.63. The number of anilines is 1. The Bertz CT molecular complexity index is 582. The Labute approximate surface area is 114 Å². The number of sulfonamides is 1. The Morgan fingerprint density at radius 1 is 1.47 bits per heavy atom. The fourth-order valence-corrected chi connectivity index (χ4v) is 3.52. The predicted octanol–water partition coefficient (Wildman–Crippen LogP) is 1.74. The maximum absolute atomic E-state index is 12.4. The van der Waals surface area contributed by atoms with Crippen molar-refractivity contribution in [1.29, 1.82) is 0 Å². The largest absolute Gasteiger partial charge is 0.492 e. The van der Waals surface area contributed by atoms with Gasteiger partial charge >= 0.3 is 0 Å². The molecule has 3 N–H and O–H groups in total. The Balaban J connectivity index is 2.31. The topological polar surface area (TPSA) is 81.4 Å². The molecule has 0 aromatic heterocycles. The standard InChI is InChI=1S/C13H20N2O3S/c1-4-18-10-6-5-9(14)7-11(10)19(16,17)15-12-8-13(12,2)3/h5-7,12,15H,4,8,14H2,1-3H3. The van der Waals surface area contributed by atoms with Crippen LogP contribution in [0.25, 0.3) is 0 Å². The van der Waals surface area contributed by atoms with Gasteiger partial charge < -0.3 is 10.5 Å². The summed E-state index contributed by atoms with van der Waals surface area (Å²) >= 11 is 0. The third-order valence-corrected chi connectivity index (χ3v) is 4.86. The van der Waals surface area contributed by atoms with Crippen LogP contribution < -0.4 is 15.2 Å². The summed E-state index contributed by atoms with van der Waals surface area (Å²) in [6.45, 7) is 6.28. The van der Waals surface area contributed by atoms with Crippen LogP contribution in [0, 0.1) is 5.41 Å². The highest BCUT2D eigenvalue weighted by Crippen LogP contribution is 2.45. The first-order valence-corrected chi connectivity index (χ1v) is 7.79. The lowest BCUT2D eigenvalue weighted by atomic mass is 10.2. The SMILES string of the molecule is CCOc1ccc(N)cc1S(=O)(=O)NC1CC1(C)C. The number of rotatable bonds is 5. The number of benzene rings is 1.